The van der Waals surface area contributed by atoms with Crippen LogP contribution < -0.4 is 11.1 Å². The normalized spacial score (nSPS) is 26.6. The van der Waals surface area contributed by atoms with Gasteiger partial charge in [-0.3, -0.25) is 0 Å². The fourth-order valence-corrected chi connectivity index (χ4v) is 4.85. The third-order valence-electron chi connectivity index (χ3n) is 3.45. The summed E-state index contributed by atoms with van der Waals surface area (Å²) in [4.78, 5) is 0. The highest BCUT2D eigenvalue weighted by atomic mass is 28.2. The van der Waals surface area contributed by atoms with Gasteiger partial charge in [0.15, 0.2) is 0 Å². The van der Waals surface area contributed by atoms with Crippen LogP contribution >= 0.6 is 0 Å². The molecule has 0 aromatic carbocycles. The van der Waals surface area contributed by atoms with Crippen LogP contribution in [0.5, 0.6) is 0 Å². The lowest BCUT2D eigenvalue weighted by Crippen LogP contribution is -2.42. The summed E-state index contributed by atoms with van der Waals surface area (Å²) in [6.45, 7) is 6.10. The van der Waals surface area contributed by atoms with Gasteiger partial charge in [0.1, 0.15) is 0 Å². The van der Waals surface area contributed by atoms with Crippen LogP contribution in [0.25, 0.3) is 0 Å². The van der Waals surface area contributed by atoms with Crippen LogP contribution in [0.3, 0.4) is 0 Å². The van der Waals surface area contributed by atoms with Gasteiger partial charge in [-0.05, 0) is 38.6 Å². The summed E-state index contributed by atoms with van der Waals surface area (Å²) in [5, 5.41) is 3.71. The predicted octanol–water partition coefficient (Wildman–Crippen LogP) is 0.819. The van der Waals surface area contributed by atoms with E-state index in [0.717, 1.165) is 26.2 Å². The SMILES string of the molecule is CC[SiH2]C1(CCCNCCN)CCCCO1. The second kappa shape index (κ2) is 8.23. The second-order valence-corrected chi connectivity index (χ2v) is 7.67. The van der Waals surface area contributed by atoms with Gasteiger partial charge in [0.25, 0.3) is 0 Å². The van der Waals surface area contributed by atoms with Crippen LogP contribution in [-0.4, -0.2) is 41.0 Å². The number of nitrogens with two attached hydrogens (primary N) is 1. The minimum atomic E-state index is -0.0451. The van der Waals surface area contributed by atoms with Crippen molar-refractivity contribution in [1.29, 1.82) is 0 Å². The molecule has 0 radical (unpaired) electrons. The minimum Gasteiger partial charge on any atom is -0.379 e. The van der Waals surface area contributed by atoms with Crippen molar-refractivity contribution in [3.05, 3.63) is 0 Å². The standard InChI is InChI=1S/C12H28N2OSi/c1-2-16-12(6-3-4-11-15-12)7-5-9-14-10-8-13/h14H,2-11,13,16H2,1H3. The van der Waals surface area contributed by atoms with Crippen LogP contribution in [0.2, 0.25) is 6.04 Å². The molecule has 0 aliphatic carbocycles. The average molecular weight is 244 g/mol. The van der Waals surface area contributed by atoms with Gasteiger partial charge in [0, 0.05) is 19.7 Å². The van der Waals surface area contributed by atoms with E-state index in [0.29, 0.717) is 5.22 Å². The van der Waals surface area contributed by atoms with Crippen LogP contribution in [0.15, 0.2) is 0 Å². The molecule has 3 nitrogen and oxygen atoms in total. The molecular weight excluding hydrogens is 216 g/mol. The molecule has 4 heteroatoms. The van der Waals surface area contributed by atoms with Crippen molar-refractivity contribution in [2.75, 3.05) is 26.2 Å². The molecule has 0 aromatic heterocycles. The summed E-state index contributed by atoms with van der Waals surface area (Å²) in [7, 11) is -0.0451. The molecule has 1 aliphatic heterocycles. The molecule has 16 heavy (non-hydrogen) atoms. The molecule has 1 unspecified atom stereocenters. The molecule has 1 aliphatic rings. The maximum atomic E-state index is 6.12. The predicted molar refractivity (Wildman–Crippen MR) is 72.7 cm³/mol. The van der Waals surface area contributed by atoms with Crippen molar-refractivity contribution in [3.63, 3.8) is 0 Å². The van der Waals surface area contributed by atoms with Crippen molar-refractivity contribution in [2.24, 2.45) is 5.73 Å². The molecule has 0 spiro atoms. The lowest BCUT2D eigenvalue weighted by molar-refractivity contribution is -0.0264. The Morgan fingerprint density at radius 3 is 2.88 bits per heavy atom. The molecule has 1 fully saturated rings. The lowest BCUT2D eigenvalue weighted by Gasteiger charge is -2.37. The Morgan fingerprint density at radius 1 is 1.38 bits per heavy atom. The highest BCUT2D eigenvalue weighted by molar-refractivity contribution is 6.39. The minimum absolute atomic E-state index is 0.0451. The average Bonchev–Trinajstić information content (AvgIpc) is 2.30. The van der Waals surface area contributed by atoms with Crippen molar-refractivity contribution >= 4 is 9.52 Å². The van der Waals surface area contributed by atoms with E-state index in [2.05, 4.69) is 12.2 Å². The van der Waals surface area contributed by atoms with Crippen LogP contribution in [-0.2, 0) is 4.74 Å². The van der Waals surface area contributed by atoms with E-state index in [1.165, 1.54) is 38.1 Å². The van der Waals surface area contributed by atoms with Crippen molar-refractivity contribution in [3.8, 4) is 0 Å². The second-order valence-electron chi connectivity index (χ2n) is 4.88. The molecule has 96 valence electrons. The first-order chi connectivity index (χ1) is 7.83. The van der Waals surface area contributed by atoms with Gasteiger partial charge in [-0.15, -0.1) is 0 Å². The van der Waals surface area contributed by atoms with Gasteiger partial charge in [-0.2, -0.15) is 0 Å². The first-order valence-corrected chi connectivity index (χ1v) is 8.58. The topological polar surface area (TPSA) is 47.3 Å². The monoisotopic (exact) mass is 244 g/mol. The molecule has 0 aromatic rings. The Labute approximate surface area is 102 Å². The third kappa shape index (κ3) is 4.95. The summed E-state index contributed by atoms with van der Waals surface area (Å²) in [6, 6.07) is 1.37. The highest BCUT2D eigenvalue weighted by Crippen LogP contribution is 2.29. The molecule has 1 heterocycles. The Bertz CT molecular complexity index is 167. The molecule has 0 bridgehead atoms. The summed E-state index contributed by atoms with van der Waals surface area (Å²) in [5.41, 5.74) is 5.45. The molecule has 0 amide bonds. The molecule has 1 atom stereocenters. The zero-order valence-corrected chi connectivity index (χ0v) is 12.2. The number of nitrogens with one attached hydrogen (secondary N) is 1. The maximum absolute atomic E-state index is 6.12. The largest absolute Gasteiger partial charge is 0.379 e. The zero-order valence-electron chi connectivity index (χ0n) is 10.8. The number of ether oxygens (including phenoxy) is 1. The lowest BCUT2D eigenvalue weighted by atomic mass is 10.0. The van der Waals surface area contributed by atoms with E-state index in [-0.39, 0.29) is 9.52 Å². The maximum Gasteiger partial charge on any atom is 0.0592 e. The fraction of sp³-hybridized carbons (Fsp3) is 1.00. The first kappa shape index (κ1) is 14.2. The molecule has 1 saturated heterocycles. The van der Waals surface area contributed by atoms with Gasteiger partial charge in [0.2, 0.25) is 0 Å². The number of hydrogen-bond donors (Lipinski definition) is 2. The Kier molecular flexibility index (Phi) is 7.28. The summed E-state index contributed by atoms with van der Waals surface area (Å²) in [5.74, 6) is 0. The van der Waals surface area contributed by atoms with Crippen LogP contribution in [0, 0.1) is 0 Å². The van der Waals surface area contributed by atoms with Gasteiger partial charge >= 0.3 is 0 Å². The number of hydrogen-bond acceptors (Lipinski definition) is 3. The Hall–Kier alpha value is 0.0969. The van der Waals surface area contributed by atoms with E-state index in [9.17, 15) is 0 Å². The van der Waals surface area contributed by atoms with Crippen LogP contribution in [0.4, 0.5) is 0 Å². The van der Waals surface area contributed by atoms with Crippen molar-refractivity contribution in [2.45, 2.75) is 50.3 Å². The van der Waals surface area contributed by atoms with E-state index in [1.54, 1.807) is 0 Å². The third-order valence-corrected chi connectivity index (χ3v) is 5.77. The van der Waals surface area contributed by atoms with Crippen molar-refractivity contribution < 1.29 is 4.74 Å². The fourth-order valence-electron chi connectivity index (χ4n) is 2.65. The summed E-state index contributed by atoms with van der Waals surface area (Å²) >= 11 is 0. The molecular formula is C12H28N2OSi. The highest BCUT2D eigenvalue weighted by Gasteiger charge is 2.31. The van der Waals surface area contributed by atoms with Crippen LogP contribution in [0.1, 0.15) is 39.0 Å². The summed E-state index contributed by atoms with van der Waals surface area (Å²) in [6.07, 6.45) is 6.48. The Balaban J connectivity index is 2.21. The van der Waals surface area contributed by atoms with Gasteiger partial charge in [0.05, 0.1) is 14.7 Å². The first-order valence-electron chi connectivity index (χ1n) is 6.88. The van der Waals surface area contributed by atoms with E-state index in [4.69, 9.17) is 10.5 Å². The van der Waals surface area contributed by atoms with E-state index < -0.39 is 0 Å². The molecule has 3 N–H and O–H groups in total. The van der Waals surface area contributed by atoms with E-state index in [1.807, 2.05) is 0 Å². The summed E-state index contributed by atoms with van der Waals surface area (Å²) < 4.78 is 6.12. The zero-order chi connectivity index (χ0) is 11.7. The van der Waals surface area contributed by atoms with E-state index >= 15 is 0 Å². The quantitative estimate of drug-likeness (QED) is 0.491. The smallest absolute Gasteiger partial charge is 0.0592 e. The van der Waals surface area contributed by atoms with Gasteiger partial charge in [-0.1, -0.05) is 13.0 Å². The van der Waals surface area contributed by atoms with Gasteiger partial charge < -0.3 is 15.8 Å². The molecule has 0 saturated carbocycles. The van der Waals surface area contributed by atoms with Gasteiger partial charge in [-0.25, -0.2) is 0 Å². The number of rotatable bonds is 8. The Morgan fingerprint density at radius 2 is 2.25 bits per heavy atom. The molecule has 1 rings (SSSR count). The van der Waals surface area contributed by atoms with Crippen molar-refractivity contribution in [1.82, 2.24) is 5.32 Å².